The highest BCUT2D eigenvalue weighted by Gasteiger charge is 2.17. The lowest BCUT2D eigenvalue weighted by Crippen LogP contribution is -2.32. The van der Waals surface area contributed by atoms with Gasteiger partial charge in [0.15, 0.2) is 0 Å². The maximum atomic E-state index is 6.08. The van der Waals surface area contributed by atoms with Crippen LogP contribution in [0.25, 0.3) is 11.0 Å². The molecule has 0 radical (unpaired) electrons. The normalized spacial score (nSPS) is 12.6. The molecular formula is C15H22BrN3. The largest absolute Gasteiger partial charge is 0.326 e. The standard InChI is InChI=1S/C15H22BrN3/c1-10(2)19-13-6-5-11(16)9-12(13)18-14(19)7-8-15(3,4)17/h5-6,9-10H,7-8,17H2,1-4H3. The molecule has 1 aromatic carbocycles. The number of imidazole rings is 1. The number of halogens is 1. The second kappa shape index (κ2) is 5.25. The minimum absolute atomic E-state index is 0.152. The van der Waals surface area contributed by atoms with Crippen LogP contribution in [0, 0.1) is 0 Å². The molecule has 4 heteroatoms. The molecule has 104 valence electrons. The van der Waals surface area contributed by atoms with Gasteiger partial charge in [0.25, 0.3) is 0 Å². The number of benzene rings is 1. The molecule has 2 N–H and O–H groups in total. The second-order valence-electron chi connectivity index (χ2n) is 6.11. The van der Waals surface area contributed by atoms with Crippen molar-refractivity contribution in [3.63, 3.8) is 0 Å². The van der Waals surface area contributed by atoms with Crippen LogP contribution < -0.4 is 5.73 Å². The van der Waals surface area contributed by atoms with E-state index in [2.05, 4.69) is 66.4 Å². The van der Waals surface area contributed by atoms with Crippen LogP contribution in [0.15, 0.2) is 22.7 Å². The molecular weight excluding hydrogens is 302 g/mol. The molecule has 0 atom stereocenters. The zero-order valence-corrected chi connectivity index (χ0v) is 13.7. The average molecular weight is 324 g/mol. The summed E-state index contributed by atoms with van der Waals surface area (Å²) in [6.45, 7) is 8.51. The predicted molar refractivity (Wildman–Crippen MR) is 84.4 cm³/mol. The molecule has 0 bridgehead atoms. The van der Waals surface area contributed by atoms with E-state index >= 15 is 0 Å². The molecule has 0 spiro atoms. The number of nitrogens with zero attached hydrogens (tertiary/aromatic N) is 2. The van der Waals surface area contributed by atoms with E-state index in [4.69, 9.17) is 10.7 Å². The molecule has 0 saturated heterocycles. The SMILES string of the molecule is CC(C)n1c(CCC(C)(C)N)nc2cc(Br)ccc21. The van der Waals surface area contributed by atoms with E-state index < -0.39 is 0 Å². The summed E-state index contributed by atoms with van der Waals surface area (Å²) in [6, 6.07) is 6.68. The Morgan fingerprint density at radius 3 is 2.63 bits per heavy atom. The molecule has 19 heavy (non-hydrogen) atoms. The lowest BCUT2D eigenvalue weighted by molar-refractivity contribution is 0.459. The van der Waals surface area contributed by atoms with Gasteiger partial charge >= 0.3 is 0 Å². The van der Waals surface area contributed by atoms with Crippen molar-refractivity contribution in [3.8, 4) is 0 Å². The highest BCUT2D eigenvalue weighted by molar-refractivity contribution is 9.10. The van der Waals surface area contributed by atoms with Crippen LogP contribution in [0.4, 0.5) is 0 Å². The Kier molecular flexibility index (Phi) is 4.02. The lowest BCUT2D eigenvalue weighted by Gasteiger charge is -2.19. The number of fused-ring (bicyclic) bond motifs is 1. The Balaban J connectivity index is 2.44. The van der Waals surface area contributed by atoms with Gasteiger partial charge < -0.3 is 10.3 Å². The van der Waals surface area contributed by atoms with Crippen LogP contribution >= 0.6 is 15.9 Å². The van der Waals surface area contributed by atoms with Gasteiger partial charge in [-0.15, -0.1) is 0 Å². The summed E-state index contributed by atoms with van der Waals surface area (Å²) in [4.78, 5) is 4.78. The number of hydrogen-bond acceptors (Lipinski definition) is 2. The first kappa shape index (κ1) is 14.5. The Morgan fingerprint density at radius 2 is 2.05 bits per heavy atom. The Labute approximate surface area is 123 Å². The van der Waals surface area contributed by atoms with Gasteiger partial charge in [-0.2, -0.15) is 0 Å². The zero-order valence-electron chi connectivity index (χ0n) is 12.1. The van der Waals surface area contributed by atoms with Crippen molar-refractivity contribution in [1.82, 2.24) is 9.55 Å². The summed E-state index contributed by atoms with van der Waals surface area (Å²) in [5.41, 5.74) is 8.18. The Bertz CT molecular complexity index is 579. The minimum atomic E-state index is -0.152. The van der Waals surface area contributed by atoms with E-state index in [0.29, 0.717) is 6.04 Å². The first-order valence-electron chi connectivity index (χ1n) is 6.73. The number of aryl methyl sites for hydroxylation is 1. The highest BCUT2D eigenvalue weighted by atomic mass is 79.9. The average Bonchev–Trinajstić information content (AvgIpc) is 2.62. The van der Waals surface area contributed by atoms with Crippen molar-refractivity contribution in [3.05, 3.63) is 28.5 Å². The molecule has 0 unspecified atom stereocenters. The fourth-order valence-electron chi connectivity index (χ4n) is 2.31. The maximum Gasteiger partial charge on any atom is 0.110 e. The fourth-order valence-corrected chi connectivity index (χ4v) is 2.66. The Morgan fingerprint density at radius 1 is 1.37 bits per heavy atom. The van der Waals surface area contributed by atoms with Crippen LogP contribution in [0.5, 0.6) is 0 Å². The monoisotopic (exact) mass is 323 g/mol. The third kappa shape index (κ3) is 3.37. The number of rotatable bonds is 4. The molecule has 0 aliphatic carbocycles. The predicted octanol–water partition coefficient (Wildman–Crippen LogP) is 4.05. The summed E-state index contributed by atoms with van der Waals surface area (Å²) < 4.78 is 3.38. The number of aromatic nitrogens is 2. The maximum absolute atomic E-state index is 6.08. The molecule has 2 rings (SSSR count). The van der Waals surface area contributed by atoms with Crippen LogP contribution in [0.2, 0.25) is 0 Å². The number of nitrogens with two attached hydrogens (primary N) is 1. The molecule has 1 heterocycles. The summed E-state index contributed by atoms with van der Waals surface area (Å²) >= 11 is 3.50. The van der Waals surface area contributed by atoms with Crippen molar-refractivity contribution in [1.29, 1.82) is 0 Å². The minimum Gasteiger partial charge on any atom is -0.326 e. The van der Waals surface area contributed by atoms with Crippen LogP contribution in [-0.4, -0.2) is 15.1 Å². The summed E-state index contributed by atoms with van der Waals surface area (Å²) in [5, 5.41) is 0. The first-order valence-corrected chi connectivity index (χ1v) is 7.52. The topological polar surface area (TPSA) is 43.8 Å². The van der Waals surface area contributed by atoms with Crippen molar-refractivity contribution >= 4 is 27.0 Å². The van der Waals surface area contributed by atoms with Crippen molar-refractivity contribution in [2.24, 2.45) is 5.73 Å². The quantitative estimate of drug-likeness (QED) is 0.922. The third-order valence-corrected chi connectivity index (χ3v) is 3.73. The van der Waals surface area contributed by atoms with Gasteiger partial charge in [-0.3, -0.25) is 0 Å². The third-order valence-electron chi connectivity index (χ3n) is 3.23. The highest BCUT2D eigenvalue weighted by Crippen LogP contribution is 2.25. The zero-order chi connectivity index (χ0) is 14.2. The van der Waals surface area contributed by atoms with Crippen molar-refractivity contribution in [2.45, 2.75) is 52.1 Å². The van der Waals surface area contributed by atoms with E-state index in [1.807, 2.05) is 0 Å². The summed E-state index contributed by atoms with van der Waals surface area (Å²) in [7, 11) is 0. The van der Waals surface area contributed by atoms with Gasteiger partial charge in [0.1, 0.15) is 5.82 Å². The molecule has 0 amide bonds. The molecule has 0 aliphatic rings. The summed E-state index contributed by atoms with van der Waals surface area (Å²) in [6.07, 6.45) is 1.85. The van der Waals surface area contributed by atoms with E-state index in [1.165, 1.54) is 5.52 Å². The van der Waals surface area contributed by atoms with Crippen molar-refractivity contribution < 1.29 is 0 Å². The molecule has 0 fully saturated rings. The van der Waals surface area contributed by atoms with E-state index in [0.717, 1.165) is 28.7 Å². The smallest absolute Gasteiger partial charge is 0.110 e. The molecule has 2 aromatic rings. The Hall–Kier alpha value is -0.870. The molecule has 0 saturated carbocycles. The molecule has 0 aliphatic heterocycles. The van der Waals surface area contributed by atoms with Crippen LogP contribution in [0.1, 0.15) is 46.0 Å². The summed E-state index contributed by atoms with van der Waals surface area (Å²) in [5.74, 6) is 1.13. The van der Waals surface area contributed by atoms with Crippen LogP contribution in [0.3, 0.4) is 0 Å². The second-order valence-corrected chi connectivity index (χ2v) is 7.03. The molecule has 3 nitrogen and oxygen atoms in total. The van der Waals surface area contributed by atoms with Crippen molar-refractivity contribution in [2.75, 3.05) is 0 Å². The van der Waals surface area contributed by atoms with E-state index in [-0.39, 0.29) is 5.54 Å². The van der Waals surface area contributed by atoms with Crippen LogP contribution in [-0.2, 0) is 6.42 Å². The number of hydrogen-bond donors (Lipinski definition) is 1. The van der Waals surface area contributed by atoms with Gasteiger partial charge in [-0.25, -0.2) is 4.98 Å². The fraction of sp³-hybridized carbons (Fsp3) is 0.533. The molecule has 1 aromatic heterocycles. The van der Waals surface area contributed by atoms with Gasteiger partial charge in [0.05, 0.1) is 11.0 Å². The van der Waals surface area contributed by atoms with Gasteiger partial charge in [0.2, 0.25) is 0 Å². The first-order chi connectivity index (χ1) is 8.78. The van der Waals surface area contributed by atoms with Gasteiger partial charge in [-0.05, 0) is 52.3 Å². The van der Waals surface area contributed by atoms with E-state index in [9.17, 15) is 0 Å². The van der Waals surface area contributed by atoms with Gasteiger partial charge in [0, 0.05) is 22.5 Å². The van der Waals surface area contributed by atoms with E-state index in [1.54, 1.807) is 0 Å². The van der Waals surface area contributed by atoms with Gasteiger partial charge in [-0.1, -0.05) is 15.9 Å². The lowest BCUT2D eigenvalue weighted by atomic mass is 10.00.